The Morgan fingerprint density at radius 1 is 0.881 bits per heavy atom. The Bertz CT molecular complexity index is 1010. The lowest BCUT2D eigenvalue weighted by Crippen LogP contribution is -2.55. The standard InChI is InChI=1S/C31H47NO10/c1-2-3-4-7-10-13-23(33)14-11-8-5-6-9-12-15-25(31(42,30(40)41)21-27(35)36)28(37)32-26(29(38)39)20-22-16-18-24(34)19-17-22/h12,15-19,23,25-26,33-34,42H,2-11,13-14,20-21H2,1H3,(H,32,37)(H,35,36)(H,38,39)(H,40,41)/b15-12+/t23?,25?,26-,31?/m0/s1. The van der Waals surface area contributed by atoms with Crippen LogP contribution in [0, 0.1) is 5.92 Å². The third kappa shape index (κ3) is 14.0. The number of amides is 1. The molecule has 1 rings (SSSR count). The maximum Gasteiger partial charge on any atom is 0.337 e. The number of aliphatic hydroxyl groups is 2. The molecule has 0 aromatic heterocycles. The quantitative estimate of drug-likeness (QED) is 0.0717. The van der Waals surface area contributed by atoms with E-state index >= 15 is 0 Å². The number of allylic oxidation sites excluding steroid dienone is 1. The number of rotatable bonds is 23. The molecule has 11 heteroatoms. The molecular weight excluding hydrogens is 546 g/mol. The lowest BCUT2D eigenvalue weighted by molar-refractivity contribution is -0.172. The number of benzene rings is 1. The highest BCUT2D eigenvalue weighted by molar-refractivity contribution is 5.94. The van der Waals surface area contributed by atoms with Crippen LogP contribution in [0.5, 0.6) is 5.75 Å². The second-order valence-corrected chi connectivity index (χ2v) is 10.8. The normalized spacial score (nSPS) is 15.0. The van der Waals surface area contributed by atoms with Crippen LogP contribution in [0.2, 0.25) is 0 Å². The molecule has 3 unspecified atom stereocenters. The lowest BCUT2D eigenvalue weighted by Gasteiger charge is -2.29. The van der Waals surface area contributed by atoms with E-state index in [-0.39, 0.29) is 18.3 Å². The van der Waals surface area contributed by atoms with E-state index in [1.54, 1.807) is 0 Å². The van der Waals surface area contributed by atoms with Gasteiger partial charge < -0.3 is 36.0 Å². The highest BCUT2D eigenvalue weighted by Crippen LogP contribution is 2.26. The van der Waals surface area contributed by atoms with Crippen LogP contribution >= 0.6 is 0 Å². The first-order valence-electron chi connectivity index (χ1n) is 14.7. The average Bonchev–Trinajstić information content (AvgIpc) is 2.92. The SMILES string of the molecule is CCCCCCCC(O)CCCCCC/C=C/C(C(=O)N[C@@H](Cc1ccc(O)cc1)C(=O)O)C(O)(CC(=O)O)C(=O)O. The minimum absolute atomic E-state index is 0.0363. The second-order valence-electron chi connectivity index (χ2n) is 10.8. The summed E-state index contributed by atoms with van der Waals surface area (Å²) in [5.74, 6) is -8.05. The molecule has 0 aliphatic rings. The monoisotopic (exact) mass is 593 g/mol. The molecule has 0 aliphatic carbocycles. The molecule has 11 nitrogen and oxygen atoms in total. The first kappa shape index (κ1) is 36.6. The number of carbonyl (C=O) groups is 4. The van der Waals surface area contributed by atoms with Crippen LogP contribution in [0.1, 0.15) is 96.0 Å². The van der Waals surface area contributed by atoms with Crippen molar-refractivity contribution in [3.05, 3.63) is 42.0 Å². The van der Waals surface area contributed by atoms with Gasteiger partial charge in [0, 0.05) is 6.42 Å². The molecule has 0 radical (unpaired) electrons. The molecule has 0 saturated carbocycles. The van der Waals surface area contributed by atoms with E-state index in [2.05, 4.69) is 12.2 Å². The van der Waals surface area contributed by atoms with Gasteiger partial charge >= 0.3 is 17.9 Å². The predicted molar refractivity (Wildman–Crippen MR) is 156 cm³/mol. The van der Waals surface area contributed by atoms with Gasteiger partial charge in [-0.3, -0.25) is 9.59 Å². The van der Waals surface area contributed by atoms with Crippen molar-refractivity contribution >= 4 is 23.8 Å². The number of aliphatic carboxylic acids is 3. The summed E-state index contributed by atoms with van der Waals surface area (Å²) in [5.41, 5.74) is -2.55. The fourth-order valence-electron chi connectivity index (χ4n) is 4.70. The Hall–Kier alpha value is -3.44. The fourth-order valence-corrected chi connectivity index (χ4v) is 4.70. The van der Waals surface area contributed by atoms with Crippen LogP contribution in [0.15, 0.2) is 36.4 Å². The topological polar surface area (TPSA) is 202 Å². The number of phenolic OH excluding ortho intramolecular Hbond substituents is 1. The zero-order chi connectivity index (χ0) is 31.5. The number of aliphatic hydroxyl groups excluding tert-OH is 1. The van der Waals surface area contributed by atoms with Crippen LogP contribution in [-0.2, 0) is 25.6 Å². The molecule has 0 aliphatic heterocycles. The number of aromatic hydroxyl groups is 1. The molecule has 236 valence electrons. The van der Waals surface area contributed by atoms with Crippen molar-refractivity contribution in [1.82, 2.24) is 5.32 Å². The summed E-state index contributed by atoms with van der Waals surface area (Å²) in [6, 6.07) is 4.10. The van der Waals surface area contributed by atoms with Crippen LogP contribution in [-0.4, -0.2) is 72.2 Å². The Morgan fingerprint density at radius 2 is 1.45 bits per heavy atom. The molecule has 0 fully saturated rings. The van der Waals surface area contributed by atoms with E-state index in [9.17, 15) is 49.8 Å². The van der Waals surface area contributed by atoms with Crippen molar-refractivity contribution in [3.8, 4) is 5.75 Å². The zero-order valence-electron chi connectivity index (χ0n) is 24.4. The third-order valence-corrected chi connectivity index (χ3v) is 7.21. The predicted octanol–water partition coefficient (Wildman–Crippen LogP) is 4.03. The molecule has 0 bridgehead atoms. The molecule has 1 aromatic rings. The van der Waals surface area contributed by atoms with E-state index in [1.807, 2.05) is 0 Å². The van der Waals surface area contributed by atoms with Crippen molar-refractivity contribution < 1.29 is 49.8 Å². The number of hydrogen-bond donors (Lipinski definition) is 7. The van der Waals surface area contributed by atoms with Gasteiger partial charge in [0.1, 0.15) is 11.8 Å². The maximum absolute atomic E-state index is 13.1. The average molecular weight is 594 g/mol. The highest BCUT2D eigenvalue weighted by atomic mass is 16.4. The lowest BCUT2D eigenvalue weighted by atomic mass is 9.82. The molecule has 0 heterocycles. The number of nitrogens with one attached hydrogen (secondary N) is 1. The van der Waals surface area contributed by atoms with Crippen molar-refractivity contribution in [1.29, 1.82) is 0 Å². The Kier molecular flexibility index (Phi) is 17.1. The van der Waals surface area contributed by atoms with Gasteiger partial charge in [0.2, 0.25) is 5.91 Å². The van der Waals surface area contributed by atoms with Crippen molar-refractivity contribution in [2.75, 3.05) is 0 Å². The van der Waals surface area contributed by atoms with Gasteiger partial charge in [-0.2, -0.15) is 0 Å². The molecule has 0 saturated heterocycles. The van der Waals surface area contributed by atoms with Gasteiger partial charge in [0.15, 0.2) is 5.60 Å². The van der Waals surface area contributed by atoms with Crippen molar-refractivity contribution in [3.63, 3.8) is 0 Å². The van der Waals surface area contributed by atoms with Gasteiger partial charge in [-0.15, -0.1) is 0 Å². The Balaban J connectivity index is 2.77. The smallest absolute Gasteiger partial charge is 0.337 e. The van der Waals surface area contributed by atoms with Crippen LogP contribution < -0.4 is 5.32 Å². The Morgan fingerprint density at radius 3 is 1.98 bits per heavy atom. The molecule has 7 N–H and O–H groups in total. The fraction of sp³-hybridized carbons (Fsp3) is 0.613. The maximum atomic E-state index is 13.1. The summed E-state index contributed by atoms with van der Waals surface area (Å²) < 4.78 is 0. The van der Waals surface area contributed by atoms with Crippen LogP contribution in [0.3, 0.4) is 0 Å². The van der Waals surface area contributed by atoms with Crippen LogP contribution in [0.25, 0.3) is 0 Å². The summed E-state index contributed by atoms with van der Waals surface area (Å²) in [5, 5.41) is 61.1. The first-order chi connectivity index (χ1) is 19.9. The van der Waals surface area contributed by atoms with Gasteiger partial charge in [-0.1, -0.05) is 82.6 Å². The number of carbonyl (C=O) groups excluding carboxylic acids is 1. The number of carboxylic acids is 3. The second kappa shape index (κ2) is 19.6. The highest BCUT2D eigenvalue weighted by Gasteiger charge is 2.49. The van der Waals surface area contributed by atoms with Crippen molar-refractivity contribution in [2.24, 2.45) is 5.92 Å². The number of unbranched alkanes of at least 4 members (excludes halogenated alkanes) is 8. The van der Waals surface area contributed by atoms with E-state index in [4.69, 9.17) is 0 Å². The molecule has 42 heavy (non-hydrogen) atoms. The van der Waals surface area contributed by atoms with Gasteiger partial charge in [-0.25, -0.2) is 9.59 Å². The summed E-state index contributed by atoms with van der Waals surface area (Å²) in [7, 11) is 0. The third-order valence-electron chi connectivity index (χ3n) is 7.21. The summed E-state index contributed by atoms with van der Waals surface area (Å²) >= 11 is 0. The van der Waals surface area contributed by atoms with E-state index in [0.717, 1.165) is 51.0 Å². The molecule has 1 amide bonds. The molecule has 0 spiro atoms. The van der Waals surface area contributed by atoms with Crippen molar-refractivity contribution in [2.45, 2.75) is 115 Å². The van der Waals surface area contributed by atoms with Crippen LogP contribution in [0.4, 0.5) is 0 Å². The number of phenols is 1. The van der Waals surface area contributed by atoms with E-state index in [1.165, 1.54) is 49.6 Å². The summed E-state index contributed by atoms with van der Waals surface area (Å²) in [6.45, 7) is 2.16. The molecular formula is C31H47NO10. The van der Waals surface area contributed by atoms with Gasteiger partial charge in [0.05, 0.1) is 18.4 Å². The van der Waals surface area contributed by atoms with E-state index in [0.29, 0.717) is 18.4 Å². The van der Waals surface area contributed by atoms with Gasteiger partial charge in [-0.05, 0) is 43.4 Å². The van der Waals surface area contributed by atoms with E-state index < -0.39 is 47.8 Å². The minimum atomic E-state index is -3.01. The minimum Gasteiger partial charge on any atom is -0.508 e. The Labute approximate surface area is 247 Å². The number of carboxylic acid groups (broad SMARTS) is 3. The number of hydrogen-bond acceptors (Lipinski definition) is 7. The molecule has 4 atom stereocenters. The molecule has 1 aromatic carbocycles. The first-order valence-corrected chi connectivity index (χ1v) is 14.7. The summed E-state index contributed by atoms with van der Waals surface area (Å²) in [6.07, 6.45) is 11.8. The zero-order valence-corrected chi connectivity index (χ0v) is 24.4. The van der Waals surface area contributed by atoms with Gasteiger partial charge in [0.25, 0.3) is 0 Å². The largest absolute Gasteiger partial charge is 0.508 e. The summed E-state index contributed by atoms with van der Waals surface area (Å²) in [4.78, 5) is 48.3.